The summed E-state index contributed by atoms with van der Waals surface area (Å²) in [5, 5.41) is 0. The molecular weight excluding hydrogens is 192 g/mol. The Morgan fingerprint density at radius 3 is 1.87 bits per heavy atom. The Kier molecular flexibility index (Phi) is 10.3. The van der Waals surface area contributed by atoms with E-state index < -0.39 is 0 Å². The first-order valence-corrected chi connectivity index (χ1v) is 5.84. The third kappa shape index (κ3) is 10.1. The third-order valence-corrected chi connectivity index (χ3v) is 2.06. The summed E-state index contributed by atoms with van der Waals surface area (Å²) >= 11 is 0. The molecular formula is C11H26N2O2. The second-order valence-electron chi connectivity index (χ2n) is 3.67. The molecule has 0 saturated heterocycles. The van der Waals surface area contributed by atoms with E-state index >= 15 is 0 Å². The predicted octanol–water partition coefficient (Wildman–Crippen LogP) is 0.709. The topological polar surface area (TPSA) is 47.7 Å². The first-order chi connectivity index (χ1) is 7.20. The van der Waals surface area contributed by atoms with Gasteiger partial charge >= 0.3 is 0 Å². The number of rotatable bonds is 10. The molecule has 4 nitrogen and oxygen atoms in total. The Labute approximate surface area is 93.7 Å². The molecule has 0 amide bonds. The highest BCUT2D eigenvalue weighted by atomic mass is 16.5. The highest BCUT2D eigenvalue weighted by Gasteiger charge is 2.06. The van der Waals surface area contributed by atoms with Gasteiger partial charge in [-0.25, -0.2) is 0 Å². The van der Waals surface area contributed by atoms with E-state index in [0.717, 1.165) is 46.1 Å². The summed E-state index contributed by atoms with van der Waals surface area (Å²) in [4.78, 5) is 2.29. The second kappa shape index (κ2) is 10.4. The third-order valence-electron chi connectivity index (χ3n) is 2.06. The van der Waals surface area contributed by atoms with Gasteiger partial charge in [-0.1, -0.05) is 0 Å². The van der Waals surface area contributed by atoms with Gasteiger partial charge in [0, 0.05) is 38.9 Å². The molecule has 0 aromatic heterocycles. The molecule has 0 aliphatic carbocycles. The molecule has 0 aromatic rings. The molecule has 15 heavy (non-hydrogen) atoms. The zero-order chi connectivity index (χ0) is 11.5. The predicted molar refractivity (Wildman–Crippen MR) is 63.1 cm³/mol. The summed E-state index contributed by atoms with van der Waals surface area (Å²) in [6.07, 6.45) is 0. The van der Waals surface area contributed by atoms with E-state index in [9.17, 15) is 0 Å². The maximum Gasteiger partial charge on any atom is 0.0593 e. The zero-order valence-electron chi connectivity index (χ0n) is 10.4. The van der Waals surface area contributed by atoms with Gasteiger partial charge in [0.1, 0.15) is 0 Å². The van der Waals surface area contributed by atoms with Crippen molar-refractivity contribution in [2.45, 2.75) is 26.8 Å². The number of ether oxygens (including phenoxy) is 2. The van der Waals surface area contributed by atoms with Crippen LogP contribution in [0.2, 0.25) is 0 Å². The molecule has 0 unspecified atom stereocenters. The highest BCUT2D eigenvalue weighted by molar-refractivity contribution is 4.63. The monoisotopic (exact) mass is 218 g/mol. The van der Waals surface area contributed by atoms with E-state index in [1.54, 1.807) is 0 Å². The molecule has 0 radical (unpaired) electrons. The molecule has 2 N–H and O–H groups in total. The van der Waals surface area contributed by atoms with Crippen LogP contribution in [0, 0.1) is 0 Å². The first kappa shape index (κ1) is 14.8. The summed E-state index contributed by atoms with van der Waals surface area (Å²) in [5.41, 5.74) is 5.78. The average Bonchev–Trinajstić information content (AvgIpc) is 2.17. The van der Waals surface area contributed by atoms with E-state index in [1.165, 1.54) is 0 Å². The Balaban J connectivity index is 3.63. The Bertz CT molecular complexity index is 122. The lowest BCUT2D eigenvalue weighted by Gasteiger charge is -2.23. The molecule has 0 rings (SSSR count). The lowest BCUT2D eigenvalue weighted by atomic mass is 10.3. The summed E-state index contributed by atoms with van der Waals surface area (Å²) in [6.45, 7) is 11.9. The molecule has 0 spiro atoms. The molecule has 92 valence electrons. The minimum absolute atomic E-state index is 0.202. The van der Waals surface area contributed by atoms with Crippen LogP contribution in [0.15, 0.2) is 0 Å². The molecule has 0 fully saturated rings. The highest BCUT2D eigenvalue weighted by Crippen LogP contribution is 1.92. The maximum atomic E-state index is 5.78. The fraction of sp³-hybridized carbons (Fsp3) is 1.00. The van der Waals surface area contributed by atoms with Crippen LogP contribution in [0.25, 0.3) is 0 Å². The van der Waals surface area contributed by atoms with Crippen LogP contribution in [-0.2, 0) is 9.47 Å². The van der Waals surface area contributed by atoms with E-state index in [0.29, 0.717) is 0 Å². The normalized spacial score (nSPS) is 13.4. The largest absolute Gasteiger partial charge is 0.380 e. The lowest BCUT2D eigenvalue weighted by Crippen LogP contribution is -2.39. The van der Waals surface area contributed by atoms with Crippen LogP contribution in [-0.4, -0.2) is 57.0 Å². The molecule has 0 aliphatic rings. The van der Waals surface area contributed by atoms with Crippen LogP contribution < -0.4 is 5.73 Å². The van der Waals surface area contributed by atoms with Gasteiger partial charge in [-0.05, 0) is 20.8 Å². The van der Waals surface area contributed by atoms with Crippen molar-refractivity contribution in [1.82, 2.24) is 4.90 Å². The van der Waals surface area contributed by atoms with Crippen molar-refractivity contribution in [3.8, 4) is 0 Å². The number of hydrogen-bond acceptors (Lipinski definition) is 4. The van der Waals surface area contributed by atoms with Gasteiger partial charge in [0.05, 0.1) is 13.2 Å². The molecule has 4 heteroatoms. The van der Waals surface area contributed by atoms with Gasteiger partial charge < -0.3 is 15.2 Å². The van der Waals surface area contributed by atoms with Crippen molar-refractivity contribution >= 4 is 0 Å². The van der Waals surface area contributed by atoms with Crippen molar-refractivity contribution in [2.75, 3.05) is 46.1 Å². The molecule has 0 heterocycles. The summed E-state index contributed by atoms with van der Waals surface area (Å²) in [7, 11) is 0. The molecule has 0 saturated carbocycles. The van der Waals surface area contributed by atoms with Crippen molar-refractivity contribution in [3.05, 3.63) is 0 Å². The number of nitrogens with zero attached hydrogens (tertiary/aromatic N) is 1. The summed E-state index contributed by atoms with van der Waals surface area (Å²) in [5.74, 6) is 0. The quantitative estimate of drug-likeness (QED) is 0.549. The molecule has 0 bridgehead atoms. The minimum atomic E-state index is 0.202. The van der Waals surface area contributed by atoms with Crippen molar-refractivity contribution < 1.29 is 9.47 Å². The van der Waals surface area contributed by atoms with Gasteiger partial charge in [0.2, 0.25) is 0 Å². The average molecular weight is 218 g/mol. The van der Waals surface area contributed by atoms with Crippen LogP contribution in [0.5, 0.6) is 0 Å². The Morgan fingerprint density at radius 2 is 1.53 bits per heavy atom. The maximum absolute atomic E-state index is 5.78. The lowest BCUT2D eigenvalue weighted by molar-refractivity contribution is 0.0810. The van der Waals surface area contributed by atoms with Crippen LogP contribution in [0.4, 0.5) is 0 Å². The van der Waals surface area contributed by atoms with Gasteiger partial charge in [0.15, 0.2) is 0 Å². The van der Waals surface area contributed by atoms with Crippen LogP contribution >= 0.6 is 0 Å². The standard InChI is InChI=1S/C11H26N2O2/c1-4-14-8-6-13(10-11(3)12)7-9-15-5-2/h11H,4-10,12H2,1-3H3/t11-/m1/s1. The molecule has 1 atom stereocenters. The van der Waals surface area contributed by atoms with Gasteiger partial charge in [-0.15, -0.1) is 0 Å². The summed E-state index contributed by atoms with van der Waals surface area (Å²) in [6, 6.07) is 0.202. The Hall–Kier alpha value is -0.160. The van der Waals surface area contributed by atoms with Gasteiger partial charge in [-0.3, -0.25) is 4.90 Å². The van der Waals surface area contributed by atoms with E-state index in [4.69, 9.17) is 15.2 Å². The first-order valence-electron chi connectivity index (χ1n) is 5.84. The van der Waals surface area contributed by atoms with E-state index in [-0.39, 0.29) is 6.04 Å². The number of nitrogens with two attached hydrogens (primary N) is 1. The summed E-state index contributed by atoms with van der Waals surface area (Å²) < 4.78 is 10.7. The van der Waals surface area contributed by atoms with Crippen molar-refractivity contribution in [3.63, 3.8) is 0 Å². The van der Waals surface area contributed by atoms with Gasteiger partial charge in [0.25, 0.3) is 0 Å². The van der Waals surface area contributed by atoms with E-state index in [1.807, 2.05) is 20.8 Å². The SMILES string of the molecule is CCOCCN(CCOCC)C[C@@H](C)N. The second-order valence-corrected chi connectivity index (χ2v) is 3.67. The smallest absolute Gasteiger partial charge is 0.0593 e. The van der Waals surface area contributed by atoms with Crippen molar-refractivity contribution in [2.24, 2.45) is 5.73 Å². The van der Waals surface area contributed by atoms with Crippen LogP contribution in [0.1, 0.15) is 20.8 Å². The fourth-order valence-electron chi connectivity index (χ4n) is 1.38. The zero-order valence-corrected chi connectivity index (χ0v) is 10.4. The van der Waals surface area contributed by atoms with Crippen LogP contribution in [0.3, 0.4) is 0 Å². The fourth-order valence-corrected chi connectivity index (χ4v) is 1.38. The Morgan fingerprint density at radius 1 is 1.07 bits per heavy atom. The molecule has 0 aromatic carbocycles. The van der Waals surface area contributed by atoms with E-state index in [2.05, 4.69) is 4.90 Å². The van der Waals surface area contributed by atoms with Gasteiger partial charge in [-0.2, -0.15) is 0 Å². The molecule has 0 aliphatic heterocycles. The number of hydrogen-bond donors (Lipinski definition) is 1. The van der Waals surface area contributed by atoms with Crippen molar-refractivity contribution in [1.29, 1.82) is 0 Å². The minimum Gasteiger partial charge on any atom is -0.380 e.